The van der Waals surface area contributed by atoms with Gasteiger partial charge in [0.1, 0.15) is 0 Å². The molecule has 0 spiro atoms. The highest BCUT2D eigenvalue weighted by Crippen LogP contribution is 2.38. The van der Waals surface area contributed by atoms with Gasteiger partial charge in [-0.2, -0.15) is 0 Å². The van der Waals surface area contributed by atoms with Crippen molar-refractivity contribution >= 4 is 45.9 Å². The topological polar surface area (TPSA) is 115 Å². The maximum Gasteiger partial charge on any atom is 0.335 e. The summed E-state index contributed by atoms with van der Waals surface area (Å²) in [5, 5.41) is 20.2. The van der Waals surface area contributed by atoms with E-state index in [9.17, 15) is 29.4 Å². The molecule has 2 aliphatic heterocycles. The quantitative estimate of drug-likeness (QED) is 0.584. The van der Waals surface area contributed by atoms with Gasteiger partial charge in [0.2, 0.25) is 0 Å². The molecule has 8 heteroatoms. The van der Waals surface area contributed by atoms with Crippen LogP contribution in [0.1, 0.15) is 60.7 Å². The van der Waals surface area contributed by atoms with Gasteiger partial charge in [-0.1, -0.05) is 12.1 Å². The molecule has 3 aromatic rings. The number of hydrogen-bond donors (Lipinski definition) is 2. The van der Waals surface area contributed by atoms with Gasteiger partial charge in [0.05, 0.1) is 16.8 Å². The van der Waals surface area contributed by atoms with Crippen molar-refractivity contribution in [3.63, 3.8) is 0 Å². The number of anilines is 2. The van der Waals surface area contributed by atoms with Crippen LogP contribution in [-0.2, 0) is 0 Å². The molecule has 0 atom stereocenters. The second-order valence-corrected chi connectivity index (χ2v) is 8.23. The first-order valence-electron chi connectivity index (χ1n) is 10.7. The summed E-state index contributed by atoms with van der Waals surface area (Å²) >= 11 is 0. The molecule has 0 unspecified atom stereocenters. The summed E-state index contributed by atoms with van der Waals surface area (Å²) in [4.78, 5) is 53.1. The number of hydrogen-bond acceptors (Lipinski definition) is 5. The molecule has 3 aromatic carbocycles. The Kier molecular flexibility index (Phi) is 4.85. The summed E-state index contributed by atoms with van der Waals surface area (Å²) in [5.74, 6) is -3.95. The predicted molar refractivity (Wildman–Crippen MR) is 122 cm³/mol. The molecule has 0 aliphatic carbocycles. The normalized spacial score (nSPS) is 15.8. The van der Waals surface area contributed by atoms with Crippen molar-refractivity contribution in [2.24, 2.45) is 0 Å². The van der Waals surface area contributed by atoms with Crippen LogP contribution in [0.2, 0.25) is 0 Å². The molecule has 8 nitrogen and oxygen atoms in total. The van der Waals surface area contributed by atoms with E-state index in [1.807, 2.05) is 12.1 Å². The van der Waals surface area contributed by atoms with Gasteiger partial charge < -0.3 is 15.1 Å². The Balaban J connectivity index is 1.67. The summed E-state index contributed by atoms with van der Waals surface area (Å²) in [6, 6.07) is 12.1. The first kappa shape index (κ1) is 20.7. The third-order valence-corrected chi connectivity index (χ3v) is 6.25. The zero-order valence-corrected chi connectivity index (χ0v) is 17.6. The van der Waals surface area contributed by atoms with Gasteiger partial charge in [0.15, 0.2) is 0 Å². The highest BCUT2D eigenvalue weighted by Gasteiger charge is 2.35. The smallest absolute Gasteiger partial charge is 0.335 e. The minimum Gasteiger partial charge on any atom is -0.478 e. The molecule has 2 amide bonds. The van der Waals surface area contributed by atoms with Gasteiger partial charge >= 0.3 is 11.9 Å². The van der Waals surface area contributed by atoms with E-state index in [1.54, 1.807) is 18.2 Å². The van der Waals surface area contributed by atoms with Crippen LogP contribution in [0, 0.1) is 0 Å². The van der Waals surface area contributed by atoms with Gasteiger partial charge in [-0.15, -0.1) is 0 Å². The Hall–Kier alpha value is -4.20. The van der Waals surface area contributed by atoms with E-state index in [-0.39, 0.29) is 16.8 Å². The van der Waals surface area contributed by atoms with Crippen molar-refractivity contribution in [1.29, 1.82) is 0 Å². The summed E-state index contributed by atoms with van der Waals surface area (Å²) in [6.45, 7) is 1.82. The molecule has 0 radical (unpaired) electrons. The number of benzene rings is 3. The van der Waals surface area contributed by atoms with Crippen molar-refractivity contribution in [1.82, 2.24) is 0 Å². The first-order chi connectivity index (χ1) is 15.9. The van der Waals surface area contributed by atoms with Gasteiger partial charge in [-0.25, -0.2) is 14.5 Å². The van der Waals surface area contributed by atoms with Crippen molar-refractivity contribution in [2.75, 3.05) is 22.9 Å². The van der Waals surface area contributed by atoms with Crippen molar-refractivity contribution in [2.45, 2.75) is 19.3 Å². The number of aromatic carboxylic acids is 2. The molecule has 5 rings (SSSR count). The average molecular weight is 444 g/mol. The van der Waals surface area contributed by atoms with E-state index in [0.29, 0.717) is 16.5 Å². The maximum atomic E-state index is 13.5. The first-order valence-corrected chi connectivity index (χ1v) is 10.7. The number of carboxylic acids is 2. The number of amides is 2. The van der Waals surface area contributed by atoms with Crippen LogP contribution in [0.4, 0.5) is 11.4 Å². The van der Waals surface area contributed by atoms with Crippen LogP contribution < -0.4 is 9.80 Å². The Morgan fingerprint density at radius 1 is 0.758 bits per heavy atom. The lowest BCUT2D eigenvalue weighted by molar-refractivity contribution is 0.0695. The van der Waals surface area contributed by atoms with Gasteiger partial charge in [-0.3, -0.25) is 9.59 Å². The lowest BCUT2D eigenvalue weighted by Crippen LogP contribution is -2.41. The highest BCUT2D eigenvalue weighted by atomic mass is 16.4. The summed E-state index contributed by atoms with van der Waals surface area (Å²) < 4.78 is 0. The van der Waals surface area contributed by atoms with Gasteiger partial charge in [0, 0.05) is 40.7 Å². The summed E-state index contributed by atoms with van der Waals surface area (Å²) in [5.41, 5.74) is 0.873. The average Bonchev–Trinajstić information content (AvgIpc) is 2.82. The highest BCUT2D eigenvalue weighted by molar-refractivity contribution is 6.36. The van der Waals surface area contributed by atoms with Crippen LogP contribution in [0.25, 0.3) is 10.8 Å². The third-order valence-electron chi connectivity index (χ3n) is 6.25. The fraction of sp³-hybridized carbons (Fsp3) is 0.200. The van der Waals surface area contributed by atoms with E-state index in [4.69, 9.17) is 0 Å². The maximum absolute atomic E-state index is 13.5. The molecular formula is C25H20N2O6. The second kappa shape index (κ2) is 7.74. The molecule has 33 heavy (non-hydrogen) atoms. The van der Waals surface area contributed by atoms with Gasteiger partial charge in [-0.05, 0) is 55.7 Å². The minimum absolute atomic E-state index is 0.0925. The van der Waals surface area contributed by atoms with Crippen LogP contribution in [0.3, 0.4) is 0 Å². The number of carbonyl (C=O) groups excluding carboxylic acids is 2. The third kappa shape index (κ3) is 3.31. The largest absolute Gasteiger partial charge is 0.478 e. The number of nitrogens with zero attached hydrogens (tertiary/aromatic N) is 2. The van der Waals surface area contributed by atoms with Crippen molar-refractivity contribution in [3.8, 4) is 0 Å². The summed E-state index contributed by atoms with van der Waals surface area (Å²) in [6.07, 6.45) is 3.35. The standard InChI is InChI=1S/C25H20N2O6/c28-22-18-6-4-5-17-20(26-9-2-1-3-10-26)8-7-19(21(17)18)23(29)27(22)16-12-14(24(30)31)11-15(13-16)25(32)33/h4-8,11-13H,1-3,9-10H2,(H,30,31)(H,32,33). The zero-order valence-electron chi connectivity index (χ0n) is 17.6. The van der Waals surface area contributed by atoms with Crippen LogP contribution in [0.5, 0.6) is 0 Å². The lowest BCUT2D eigenvalue weighted by Gasteiger charge is -2.32. The molecule has 0 bridgehead atoms. The van der Waals surface area contributed by atoms with Crippen LogP contribution >= 0.6 is 0 Å². The van der Waals surface area contributed by atoms with Crippen molar-refractivity contribution < 1.29 is 29.4 Å². The number of piperidine rings is 1. The summed E-state index contributed by atoms with van der Waals surface area (Å²) in [7, 11) is 0. The fourth-order valence-corrected chi connectivity index (χ4v) is 4.71. The monoisotopic (exact) mass is 444 g/mol. The molecule has 0 aromatic heterocycles. The van der Waals surface area contributed by atoms with Crippen LogP contribution in [-0.4, -0.2) is 47.1 Å². The van der Waals surface area contributed by atoms with E-state index in [0.717, 1.165) is 60.1 Å². The molecule has 166 valence electrons. The Morgan fingerprint density at radius 3 is 1.97 bits per heavy atom. The molecule has 2 aliphatic rings. The fourth-order valence-electron chi connectivity index (χ4n) is 4.71. The Bertz CT molecular complexity index is 1300. The SMILES string of the molecule is O=C(O)c1cc(C(=O)O)cc(N2C(=O)c3cccc4c(N5CCCCC5)ccc(c34)C2=O)c1. The minimum atomic E-state index is -1.36. The molecule has 1 fully saturated rings. The number of carboxylic acid groups (broad SMARTS) is 2. The number of rotatable bonds is 4. The number of carbonyl (C=O) groups is 4. The Labute approximate surface area is 188 Å². The second-order valence-electron chi connectivity index (χ2n) is 8.23. The molecule has 1 saturated heterocycles. The van der Waals surface area contributed by atoms with E-state index in [2.05, 4.69) is 4.90 Å². The molecular weight excluding hydrogens is 424 g/mol. The van der Waals surface area contributed by atoms with Gasteiger partial charge in [0.25, 0.3) is 11.8 Å². The van der Waals surface area contributed by atoms with E-state index >= 15 is 0 Å². The van der Waals surface area contributed by atoms with Crippen molar-refractivity contribution in [3.05, 3.63) is 70.8 Å². The molecule has 0 saturated carbocycles. The lowest BCUT2D eigenvalue weighted by atomic mass is 9.91. The predicted octanol–water partition coefficient (Wildman–Crippen LogP) is 4.03. The Morgan fingerprint density at radius 2 is 1.36 bits per heavy atom. The van der Waals surface area contributed by atoms with E-state index < -0.39 is 23.8 Å². The number of imide groups is 1. The molecule has 2 N–H and O–H groups in total. The van der Waals surface area contributed by atoms with Crippen LogP contribution in [0.15, 0.2) is 48.5 Å². The van der Waals surface area contributed by atoms with E-state index in [1.165, 1.54) is 6.42 Å². The molecule has 2 heterocycles. The zero-order chi connectivity index (χ0) is 23.3.